The smallest absolute Gasteiger partial charge is 0.306 e. The average Bonchev–Trinajstić information content (AvgIpc) is 3.34. The largest absolute Gasteiger partial charge is 0.462 e. The molecule has 5 nitrogen and oxygen atoms in total. The van der Waals surface area contributed by atoms with E-state index in [9.17, 15) is 9.59 Å². The third kappa shape index (κ3) is 56.2. The molecule has 0 saturated heterocycles. The van der Waals surface area contributed by atoms with Crippen LogP contribution in [-0.2, 0) is 23.8 Å². The topological polar surface area (TPSA) is 61.8 Å². The van der Waals surface area contributed by atoms with Gasteiger partial charge in [-0.05, 0) is 83.5 Å². The molecular weight excluding hydrogens is 837 g/mol. The Morgan fingerprint density at radius 3 is 1.07 bits per heavy atom. The number of carbonyl (C=O) groups is 2. The van der Waals surface area contributed by atoms with Gasteiger partial charge in [0.15, 0.2) is 6.10 Å². The Labute approximate surface area is 424 Å². The maximum Gasteiger partial charge on any atom is 0.306 e. The van der Waals surface area contributed by atoms with E-state index in [-0.39, 0.29) is 25.2 Å². The van der Waals surface area contributed by atoms with E-state index >= 15 is 0 Å². The summed E-state index contributed by atoms with van der Waals surface area (Å²) < 4.78 is 17.5. The highest BCUT2D eigenvalue weighted by atomic mass is 16.6. The van der Waals surface area contributed by atoms with E-state index in [2.05, 4.69) is 81.5 Å². The Hall–Kier alpha value is -2.40. The quantitative estimate of drug-likeness (QED) is 0.0345. The number of carbonyl (C=O) groups excluding carboxylic acids is 2. The van der Waals surface area contributed by atoms with Crippen molar-refractivity contribution in [2.24, 2.45) is 0 Å². The van der Waals surface area contributed by atoms with Crippen LogP contribution >= 0.6 is 0 Å². The van der Waals surface area contributed by atoms with E-state index in [1.165, 1.54) is 186 Å². The fourth-order valence-corrected chi connectivity index (χ4v) is 8.62. The molecule has 0 aromatic heterocycles. The van der Waals surface area contributed by atoms with E-state index in [1.807, 2.05) is 0 Å². The zero-order valence-corrected chi connectivity index (χ0v) is 45.6. The molecule has 0 bridgehead atoms. The summed E-state index contributed by atoms with van der Waals surface area (Å²) in [5, 5.41) is 0. The minimum Gasteiger partial charge on any atom is -0.462 e. The van der Waals surface area contributed by atoms with Crippen LogP contribution in [0.3, 0.4) is 0 Å². The van der Waals surface area contributed by atoms with Crippen LogP contribution in [0.1, 0.15) is 303 Å². The number of unbranched alkanes of at least 4 members (excludes halogenated alkanes) is 34. The standard InChI is InChI=1S/C63H114O5/c1-4-7-10-13-16-19-22-25-28-30-32-33-36-38-41-44-47-50-53-56-62(64)67-60-61(68-63(65)57-54-51-48-45-42-39-35-27-24-21-18-15-12-9-6-3)59-66-58-55-52-49-46-43-40-37-34-31-29-26-23-20-17-14-11-8-5-2/h8,11,17,20,26-27,29,34-35,37,61H,4-7,9-10,12-16,18-19,21-25,28,30-33,36,38-60H2,1-3H3/b11-8-,20-17-,29-26-,35-27-,37-34-. The molecule has 0 aliphatic heterocycles. The lowest BCUT2D eigenvalue weighted by atomic mass is 10.0. The van der Waals surface area contributed by atoms with Gasteiger partial charge in [-0.2, -0.15) is 0 Å². The third-order valence-corrected chi connectivity index (χ3v) is 13.0. The van der Waals surface area contributed by atoms with Crippen LogP contribution in [0.5, 0.6) is 0 Å². The highest BCUT2D eigenvalue weighted by Gasteiger charge is 2.17. The van der Waals surface area contributed by atoms with Gasteiger partial charge in [0, 0.05) is 19.4 Å². The van der Waals surface area contributed by atoms with E-state index in [0.29, 0.717) is 19.4 Å². The molecule has 5 heteroatoms. The molecular formula is C63H114O5. The third-order valence-electron chi connectivity index (χ3n) is 13.0. The molecule has 0 rings (SSSR count). The number of hydrogen-bond acceptors (Lipinski definition) is 5. The molecule has 0 amide bonds. The minimum atomic E-state index is -0.550. The predicted octanol–water partition coefficient (Wildman–Crippen LogP) is 20.5. The summed E-state index contributed by atoms with van der Waals surface area (Å²) in [6.07, 6.45) is 75.3. The van der Waals surface area contributed by atoms with Crippen LogP contribution in [0.25, 0.3) is 0 Å². The van der Waals surface area contributed by atoms with Crippen LogP contribution in [0.15, 0.2) is 60.8 Å². The zero-order chi connectivity index (χ0) is 49.2. The second-order valence-corrected chi connectivity index (χ2v) is 19.9. The molecule has 1 atom stereocenters. The van der Waals surface area contributed by atoms with Crippen molar-refractivity contribution < 1.29 is 23.8 Å². The van der Waals surface area contributed by atoms with E-state index in [0.717, 1.165) is 83.5 Å². The van der Waals surface area contributed by atoms with Gasteiger partial charge >= 0.3 is 11.9 Å². The van der Waals surface area contributed by atoms with E-state index in [4.69, 9.17) is 14.2 Å². The lowest BCUT2D eigenvalue weighted by Crippen LogP contribution is -2.30. The van der Waals surface area contributed by atoms with Crippen LogP contribution in [0.4, 0.5) is 0 Å². The summed E-state index contributed by atoms with van der Waals surface area (Å²) >= 11 is 0. The summed E-state index contributed by atoms with van der Waals surface area (Å²) in [4.78, 5) is 25.5. The maximum atomic E-state index is 12.9. The first-order valence-electron chi connectivity index (χ1n) is 29.8. The maximum absolute atomic E-state index is 12.9. The van der Waals surface area contributed by atoms with Gasteiger partial charge in [-0.15, -0.1) is 0 Å². The number of allylic oxidation sites excluding steroid dienone is 10. The van der Waals surface area contributed by atoms with Crippen molar-refractivity contribution in [1.82, 2.24) is 0 Å². The fraction of sp³-hybridized carbons (Fsp3) is 0.810. The second kappa shape index (κ2) is 58.9. The lowest BCUT2D eigenvalue weighted by Gasteiger charge is -2.18. The molecule has 68 heavy (non-hydrogen) atoms. The molecule has 0 N–H and O–H groups in total. The summed E-state index contributed by atoms with van der Waals surface area (Å²) in [6.45, 7) is 7.71. The number of hydrogen-bond donors (Lipinski definition) is 0. The molecule has 396 valence electrons. The molecule has 1 unspecified atom stereocenters. The average molecular weight is 952 g/mol. The highest BCUT2D eigenvalue weighted by Crippen LogP contribution is 2.16. The Morgan fingerprint density at radius 1 is 0.338 bits per heavy atom. The monoisotopic (exact) mass is 951 g/mol. The number of esters is 2. The molecule has 0 spiro atoms. The van der Waals surface area contributed by atoms with Crippen molar-refractivity contribution in [3.8, 4) is 0 Å². The molecule has 0 aliphatic carbocycles. The first-order valence-corrected chi connectivity index (χ1v) is 29.8. The van der Waals surface area contributed by atoms with Crippen molar-refractivity contribution >= 4 is 11.9 Å². The van der Waals surface area contributed by atoms with Crippen LogP contribution in [-0.4, -0.2) is 37.9 Å². The molecule has 0 aliphatic rings. The number of rotatable bonds is 55. The van der Waals surface area contributed by atoms with Gasteiger partial charge in [-0.1, -0.05) is 268 Å². The summed E-state index contributed by atoms with van der Waals surface area (Å²) in [7, 11) is 0. The summed E-state index contributed by atoms with van der Waals surface area (Å²) in [6, 6.07) is 0. The minimum absolute atomic E-state index is 0.0768. The summed E-state index contributed by atoms with van der Waals surface area (Å²) in [5.74, 6) is -0.403. The lowest BCUT2D eigenvalue weighted by molar-refractivity contribution is -0.163. The number of ether oxygens (including phenoxy) is 3. The Kier molecular flexibility index (Phi) is 56.8. The van der Waals surface area contributed by atoms with Gasteiger partial charge in [-0.3, -0.25) is 9.59 Å². The van der Waals surface area contributed by atoms with E-state index in [1.54, 1.807) is 0 Å². The van der Waals surface area contributed by atoms with Gasteiger partial charge in [0.1, 0.15) is 6.61 Å². The van der Waals surface area contributed by atoms with Crippen LogP contribution < -0.4 is 0 Å². The molecule has 0 fully saturated rings. The zero-order valence-electron chi connectivity index (χ0n) is 45.6. The first-order chi connectivity index (χ1) is 33.6. The highest BCUT2D eigenvalue weighted by molar-refractivity contribution is 5.70. The van der Waals surface area contributed by atoms with Crippen molar-refractivity contribution in [2.75, 3.05) is 19.8 Å². The van der Waals surface area contributed by atoms with Crippen LogP contribution in [0.2, 0.25) is 0 Å². The van der Waals surface area contributed by atoms with Crippen molar-refractivity contribution in [1.29, 1.82) is 0 Å². The Morgan fingerprint density at radius 2 is 0.662 bits per heavy atom. The molecule has 0 saturated carbocycles. The second-order valence-electron chi connectivity index (χ2n) is 19.9. The molecule has 0 heterocycles. The van der Waals surface area contributed by atoms with Crippen molar-refractivity contribution in [2.45, 2.75) is 309 Å². The predicted molar refractivity (Wildman–Crippen MR) is 298 cm³/mol. The normalized spacial score (nSPS) is 12.6. The fourth-order valence-electron chi connectivity index (χ4n) is 8.62. The van der Waals surface area contributed by atoms with Gasteiger partial charge in [0.05, 0.1) is 6.61 Å². The molecule has 0 radical (unpaired) electrons. The van der Waals surface area contributed by atoms with E-state index < -0.39 is 6.10 Å². The summed E-state index contributed by atoms with van der Waals surface area (Å²) in [5.41, 5.74) is 0. The Bertz CT molecular complexity index is 1170. The molecule has 0 aromatic rings. The van der Waals surface area contributed by atoms with Crippen molar-refractivity contribution in [3.63, 3.8) is 0 Å². The van der Waals surface area contributed by atoms with Gasteiger partial charge in [-0.25, -0.2) is 0 Å². The Balaban J connectivity index is 4.28. The van der Waals surface area contributed by atoms with Crippen molar-refractivity contribution in [3.05, 3.63) is 60.8 Å². The van der Waals surface area contributed by atoms with Gasteiger partial charge < -0.3 is 14.2 Å². The van der Waals surface area contributed by atoms with Gasteiger partial charge in [0.25, 0.3) is 0 Å². The van der Waals surface area contributed by atoms with Gasteiger partial charge in [0.2, 0.25) is 0 Å². The SMILES string of the molecule is CC/C=C\C/C=C\C/C=C\C/C=C\CCCCCCCOCC(COC(=O)CCCCCCCCCCCCCCCCCCCCC)OC(=O)CCCCCCC/C=C\CCCCCCCC. The first kappa shape index (κ1) is 65.6. The van der Waals surface area contributed by atoms with Crippen LogP contribution in [0, 0.1) is 0 Å². The molecule has 0 aromatic carbocycles.